The average molecular weight is 467 g/mol. The van der Waals surface area contributed by atoms with Gasteiger partial charge in [0.25, 0.3) is 0 Å². The number of alkyl carbamates (subject to hydrolysis) is 1. The molecule has 0 radical (unpaired) electrons. The van der Waals surface area contributed by atoms with Crippen LogP contribution in [0.2, 0.25) is 0 Å². The second kappa shape index (κ2) is 10.3. The molecule has 0 spiro atoms. The molecule has 1 aliphatic rings. The van der Waals surface area contributed by atoms with Gasteiger partial charge in [-0.1, -0.05) is 83.1 Å². The van der Waals surface area contributed by atoms with Crippen molar-refractivity contribution in [1.82, 2.24) is 10.6 Å². The highest BCUT2D eigenvalue weighted by Crippen LogP contribution is 2.44. The molecule has 2 aromatic rings. The zero-order valence-electron chi connectivity index (χ0n) is 20.4. The van der Waals surface area contributed by atoms with Crippen molar-refractivity contribution < 1.29 is 24.2 Å². The van der Waals surface area contributed by atoms with Crippen LogP contribution in [0.4, 0.5) is 4.79 Å². The number of carbonyl (C=O) groups excluding carboxylic acids is 2. The molecule has 2 amide bonds. The summed E-state index contributed by atoms with van der Waals surface area (Å²) >= 11 is 0. The van der Waals surface area contributed by atoms with Gasteiger partial charge in [-0.15, -0.1) is 0 Å². The van der Waals surface area contributed by atoms with Crippen molar-refractivity contribution in [1.29, 1.82) is 0 Å². The van der Waals surface area contributed by atoms with E-state index < -0.39 is 35.5 Å². The summed E-state index contributed by atoms with van der Waals surface area (Å²) in [5.74, 6) is -1.63. The first-order valence-electron chi connectivity index (χ1n) is 11.6. The van der Waals surface area contributed by atoms with Crippen LogP contribution in [0.1, 0.15) is 58.1 Å². The lowest BCUT2D eigenvalue weighted by molar-refractivity contribution is -0.145. The minimum absolute atomic E-state index is 0.0400. The molecular weight excluding hydrogens is 432 g/mol. The van der Waals surface area contributed by atoms with Crippen LogP contribution in [-0.4, -0.2) is 41.8 Å². The van der Waals surface area contributed by atoms with Crippen molar-refractivity contribution in [2.45, 2.75) is 59.0 Å². The predicted molar refractivity (Wildman–Crippen MR) is 130 cm³/mol. The summed E-state index contributed by atoms with van der Waals surface area (Å²) in [6.45, 7) is 9.21. The van der Waals surface area contributed by atoms with Crippen molar-refractivity contribution in [2.24, 2.45) is 11.3 Å². The molecule has 3 rings (SSSR count). The first kappa shape index (κ1) is 25.3. The highest BCUT2D eigenvalue weighted by molar-refractivity contribution is 5.85. The van der Waals surface area contributed by atoms with Crippen LogP contribution in [-0.2, 0) is 14.3 Å². The second-order valence-electron chi connectivity index (χ2n) is 10.2. The molecule has 0 bridgehead atoms. The molecule has 182 valence electrons. The molecule has 2 atom stereocenters. The molecule has 34 heavy (non-hydrogen) atoms. The minimum atomic E-state index is -1.09. The Hall–Kier alpha value is -3.35. The van der Waals surface area contributed by atoms with E-state index in [1.54, 1.807) is 20.8 Å². The molecule has 0 fully saturated rings. The fourth-order valence-corrected chi connectivity index (χ4v) is 4.31. The molecule has 0 saturated carbocycles. The molecule has 0 heterocycles. The molecular formula is C27H34N2O5. The molecule has 0 aliphatic heterocycles. The topological polar surface area (TPSA) is 105 Å². The number of hydrogen-bond donors (Lipinski definition) is 3. The Morgan fingerprint density at radius 2 is 1.47 bits per heavy atom. The van der Waals surface area contributed by atoms with Gasteiger partial charge in [0.05, 0.1) is 0 Å². The van der Waals surface area contributed by atoms with Crippen molar-refractivity contribution in [3.63, 3.8) is 0 Å². The van der Waals surface area contributed by atoms with Crippen molar-refractivity contribution in [3.05, 3.63) is 59.7 Å². The zero-order chi connectivity index (χ0) is 25.0. The van der Waals surface area contributed by atoms with Crippen molar-refractivity contribution in [2.75, 3.05) is 6.61 Å². The van der Waals surface area contributed by atoms with E-state index in [2.05, 4.69) is 34.9 Å². The maximum atomic E-state index is 12.7. The third-order valence-corrected chi connectivity index (χ3v) is 6.28. The van der Waals surface area contributed by atoms with Gasteiger partial charge in [-0.2, -0.15) is 0 Å². The lowest BCUT2D eigenvalue weighted by Gasteiger charge is -2.29. The number of rotatable bonds is 8. The Kier molecular flexibility index (Phi) is 7.64. The summed E-state index contributed by atoms with van der Waals surface area (Å²) < 4.78 is 5.60. The van der Waals surface area contributed by atoms with Crippen LogP contribution in [0.3, 0.4) is 0 Å². The van der Waals surface area contributed by atoms with E-state index in [4.69, 9.17) is 4.74 Å². The summed E-state index contributed by atoms with van der Waals surface area (Å²) in [5.41, 5.74) is 3.90. The maximum Gasteiger partial charge on any atom is 0.407 e. The predicted octanol–water partition coefficient (Wildman–Crippen LogP) is 4.56. The van der Waals surface area contributed by atoms with E-state index in [0.717, 1.165) is 22.3 Å². The van der Waals surface area contributed by atoms with Gasteiger partial charge in [0, 0.05) is 18.4 Å². The largest absolute Gasteiger partial charge is 0.480 e. The number of hydrogen-bond acceptors (Lipinski definition) is 4. The third kappa shape index (κ3) is 5.76. The smallest absolute Gasteiger partial charge is 0.407 e. The monoisotopic (exact) mass is 466 g/mol. The first-order chi connectivity index (χ1) is 16.0. The van der Waals surface area contributed by atoms with Gasteiger partial charge < -0.3 is 20.5 Å². The molecule has 0 aromatic heterocycles. The Bertz CT molecular complexity index is 1010. The molecule has 7 heteroatoms. The number of ether oxygens (including phenoxy) is 1. The Morgan fingerprint density at radius 1 is 0.941 bits per heavy atom. The van der Waals surface area contributed by atoms with Gasteiger partial charge in [-0.05, 0) is 33.6 Å². The van der Waals surface area contributed by atoms with E-state index in [-0.39, 0.29) is 24.9 Å². The Balaban J connectivity index is 1.62. The quantitative estimate of drug-likeness (QED) is 0.529. The summed E-state index contributed by atoms with van der Waals surface area (Å²) in [7, 11) is 0. The van der Waals surface area contributed by atoms with Crippen LogP contribution in [0.15, 0.2) is 48.5 Å². The lowest BCUT2D eigenvalue weighted by atomic mass is 9.86. The Labute approximate surface area is 200 Å². The SMILES string of the molecule is CC(C)C(CC(=O)NC(C(=O)O)C(C)(C)C)NC(=O)OCC1c2ccccc2-c2ccccc21. The maximum absolute atomic E-state index is 12.7. The number of carboxylic acids is 1. The van der Waals surface area contributed by atoms with Gasteiger partial charge in [0.1, 0.15) is 12.6 Å². The summed E-state index contributed by atoms with van der Waals surface area (Å²) in [5, 5.41) is 14.8. The van der Waals surface area contributed by atoms with E-state index in [1.807, 2.05) is 38.1 Å². The lowest BCUT2D eigenvalue weighted by Crippen LogP contribution is -2.51. The molecule has 2 aromatic carbocycles. The van der Waals surface area contributed by atoms with Gasteiger partial charge in [0.2, 0.25) is 5.91 Å². The van der Waals surface area contributed by atoms with E-state index in [1.165, 1.54) is 0 Å². The number of aliphatic carboxylic acids is 1. The van der Waals surface area contributed by atoms with Gasteiger partial charge in [-0.3, -0.25) is 4.79 Å². The number of amides is 2. The number of fused-ring (bicyclic) bond motifs is 3. The molecule has 7 nitrogen and oxygen atoms in total. The highest BCUT2D eigenvalue weighted by atomic mass is 16.5. The fourth-order valence-electron chi connectivity index (χ4n) is 4.31. The van der Waals surface area contributed by atoms with Gasteiger partial charge in [-0.25, -0.2) is 9.59 Å². The summed E-state index contributed by atoms with van der Waals surface area (Å²) in [6, 6.07) is 14.7. The number of benzene rings is 2. The normalized spacial score (nSPS) is 14.6. The van der Waals surface area contributed by atoms with E-state index in [0.29, 0.717) is 0 Å². The van der Waals surface area contributed by atoms with Crippen LogP contribution in [0.5, 0.6) is 0 Å². The van der Waals surface area contributed by atoms with Crippen LogP contribution in [0.25, 0.3) is 11.1 Å². The fraction of sp³-hybridized carbons (Fsp3) is 0.444. The Morgan fingerprint density at radius 3 is 1.94 bits per heavy atom. The van der Waals surface area contributed by atoms with Gasteiger partial charge in [0.15, 0.2) is 0 Å². The summed E-state index contributed by atoms with van der Waals surface area (Å²) in [6.07, 6.45) is -0.638. The molecule has 2 unspecified atom stereocenters. The second-order valence-corrected chi connectivity index (χ2v) is 10.2. The number of carboxylic acid groups (broad SMARTS) is 1. The number of carbonyl (C=O) groups is 3. The molecule has 0 saturated heterocycles. The van der Waals surface area contributed by atoms with Crippen LogP contribution in [0, 0.1) is 11.3 Å². The van der Waals surface area contributed by atoms with E-state index >= 15 is 0 Å². The third-order valence-electron chi connectivity index (χ3n) is 6.28. The minimum Gasteiger partial charge on any atom is -0.480 e. The van der Waals surface area contributed by atoms with Crippen LogP contribution >= 0.6 is 0 Å². The van der Waals surface area contributed by atoms with E-state index in [9.17, 15) is 19.5 Å². The highest BCUT2D eigenvalue weighted by Gasteiger charge is 2.34. The summed E-state index contributed by atoms with van der Waals surface area (Å²) in [4.78, 5) is 36.8. The van der Waals surface area contributed by atoms with Gasteiger partial charge >= 0.3 is 12.1 Å². The average Bonchev–Trinajstić information content (AvgIpc) is 3.08. The van der Waals surface area contributed by atoms with Crippen molar-refractivity contribution >= 4 is 18.0 Å². The number of nitrogens with one attached hydrogen (secondary N) is 2. The molecule has 3 N–H and O–H groups in total. The van der Waals surface area contributed by atoms with Crippen molar-refractivity contribution in [3.8, 4) is 11.1 Å². The molecule has 1 aliphatic carbocycles. The van der Waals surface area contributed by atoms with Crippen LogP contribution < -0.4 is 10.6 Å². The zero-order valence-corrected chi connectivity index (χ0v) is 20.4. The standard InChI is InChI=1S/C27H34N2O5/c1-16(2)22(14-23(30)29-24(25(31)32)27(3,4)5)28-26(33)34-15-21-19-12-8-6-10-17(19)18-11-7-9-13-20(18)21/h6-13,16,21-22,24H,14-15H2,1-5H3,(H,28,33)(H,29,30)(H,31,32). The first-order valence-corrected chi connectivity index (χ1v) is 11.6.